The number of hydrogen-bond acceptors (Lipinski definition) is 6. The van der Waals surface area contributed by atoms with Crippen LogP contribution < -0.4 is 0 Å². The minimum absolute atomic E-state index is 0.292. The van der Waals surface area contributed by atoms with E-state index in [9.17, 15) is 4.39 Å². The molecule has 0 saturated heterocycles. The molecule has 0 fully saturated rings. The largest absolute Gasteiger partial charge is 0.444 e. The van der Waals surface area contributed by atoms with E-state index in [-0.39, 0.29) is 5.82 Å². The van der Waals surface area contributed by atoms with Crippen LogP contribution in [0.2, 0.25) is 0 Å². The van der Waals surface area contributed by atoms with Crippen molar-refractivity contribution < 1.29 is 13.2 Å². The number of oxazole rings is 1. The first-order valence-electron chi connectivity index (χ1n) is 8.88. The zero-order chi connectivity index (χ0) is 19.3. The molecule has 0 aliphatic heterocycles. The van der Waals surface area contributed by atoms with Crippen molar-refractivity contribution in [3.63, 3.8) is 0 Å². The topological polar surface area (TPSA) is 65.0 Å². The summed E-state index contributed by atoms with van der Waals surface area (Å²) < 4.78 is 24.2. The highest BCUT2D eigenvalue weighted by Crippen LogP contribution is 2.26. The molecule has 2 aromatic carbocycles. The predicted octanol–water partition coefficient (Wildman–Crippen LogP) is 5.50. The molecular formula is C21H18FN3O2S. The van der Waals surface area contributed by atoms with E-state index in [0.29, 0.717) is 35.1 Å². The molecule has 142 valence electrons. The van der Waals surface area contributed by atoms with Crippen LogP contribution in [0.15, 0.2) is 74.9 Å². The van der Waals surface area contributed by atoms with Crippen molar-refractivity contribution >= 4 is 11.8 Å². The van der Waals surface area contributed by atoms with E-state index in [4.69, 9.17) is 8.83 Å². The lowest BCUT2D eigenvalue weighted by molar-refractivity contribution is 0.404. The van der Waals surface area contributed by atoms with Crippen LogP contribution in [0.25, 0.3) is 11.5 Å². The van der Waals surface area contributed by atoms with Crippen molar-refractivity contribution in [3.8, 4) is 11.5 Å². The Hall–Kier alpha value is -2.93. The average molecular weight is 395 g/mol. The monoisotopic (exact) mass is 395 g/mol. The van der Waals surface area contributed by atoms with E-state index >= 15 is 0 Å². The van der Waals surface area contributed by atoms with E-state index in [1.807, 2.05) is 18.2 Å². The molecule has 0 aliphatic rings. The molecule has 0 aliphatic carbocycles. The summed E-state index contributed by atoms with van der Waals surface area (Å²) in [6.45, 7) is 2.14. The van der Waals surface area contributed by atoms with Crippen molar-refractivity contribution in [1.29, 1.82) is 0 Å². The molecule has 1 atom stereocenters. The summed E-state index contributed by atoms with van der Waals surface area (Å²) in [7, 11) is 0. The van der Waals surface area contributed by atoms with Crippen LogP contribution in [0.3, 0.4) is 0 Å². The summed E-state index contributed by atoms with van der Waals surface area (Å²) in [5.41, 5.74) is 2.72. The Morgan fingerprint density at radius 1 is 1.04 bits per heavy atom. The highest BCUT2D eigenvalue weighted by Gasteiger charge is 2.14. The summed E-state index contributed by atoms with van der Waals surface area (Å²) >= 11 is 1.41. The first-order chi connectivity index (χ1) is 13.7. The second-order valence-electron chi connectivity index (χ2n) is 6.42. The van der Waals surface area contributed by atoms with Crippen LogP contribution in [-0.2, 0) is 12.2 Å². The molecule has 5 nitrogen and oxygen atoms in total. The van der Waals surface area contributed by atoms with Crippen LogP contribution in [0, 0.1) is 5.82 Å². The summed E-state index contributed by atoms with van der Waals surface area (Å²) in [5, 5.41) is 8.74. The van der Waals surface area contributed by atoms with Crippen molar-refractivity contribution in [2.75, 3.05) is 0 Å². The van der Waals surface area contributed by atoms with Gasteiger partial charge in [-0.15, -0.1) is 10.2 Å². The number of aromatic nitrogens is 3. The maximum Gasteiger partial charge on any atom is 0.276 e. The number of thioether (sulfide) groups is 1. The van der Waals surface area contributed by atoms with Crippen molar-refractivity contribution in [2.24, 2.45) is 0 Å². The van der Waals surface area contributed by atoms with Crippen molar-refractivity contribution in [3.05, 3.63) is 83.8 Å². The molecule has 0 saturated carbocycles. The molecule has 4 aromatic rings. The number of hydrogen-bond donors (Lipinski definition) is 0. The lowest BCUT2D eigenvalue weighted by Gasteiger charge is -2.08. The summed E-state index contributed by atoms with van der Waals surface area (Å²) in [4.78, 5) is 4.42. The van der Waals surface area contributed by atoms with Gasteiger partial charge in [-0.2, -0.15) is 0 Å². The SMILES string of the molecule is CC(Cc1nnc(SCc2coc(-c3ccc(F)cc3)n2)o1)c1ccccc1. The number of benzene rings is 2. The van der Waals surface area contributed by atoms with Crippen molar-refractivity contribution in [2.45, 2.75) is 30.2 Å². The van der Waals surface area contributed by atoms with Gasteiger partial charge in [-0.1, -0.05) is 49.0 Å². The number of nitrogens with zero attached hydrogens (tertiary/aromatic N) is 3. The fourth-order valence-corrected chi connectivity index (χ4v) is 3.43. The molecule has 2 aromatic heterocycles. The van der Waals surface area contributed by atoms with Gasteiger partial charge in [-0.25, -0.2) is 9.37 Å². The Kier molecular flexibility index (Phi) is 5.53. The van der Waals surface area contributed by atoms with Gasteiger partial charge in [-0.05, 0) is 35.7 Å². The molecular weight excluding hydrogens is 377 g/mol. The maximum absolute atomic E-state index is 13.0. The number of rotatable bonds is 7. The summed E-state index contributed by atoms with van der Waals surface area (Å²) in [6.07, 6.45) is 2.27. The van der Waals surface area contributed by atoms with E-state index in [2.05, 4.69) is 34.2 Å². The Balaban J connectivity index is 1.34. The quantitative estimate of drug-likeness (QED) is 0.385. The lowest BCUT2D eigenvalue weighted by atomic mass is 9.98. The van der Waals surface area contributed by atoms with E-state index < -0.39 is 0 Å². The van der Waals surface area contributed by atoms with Gasteiger partial charge in [-0.3, -0.25) is 0 Å². The Morgan fingerprint density at radius 2 is 1.82 bits per heavy atom. The van der Waals surface area contributed by atoms with Gasteiger partial charge in [0.05, 0.1) is 5.69 Å². The molecule has 4 rings (SSSR count). The van der Waals surface area contributed by atoms with Gasteiger partial charge >= 0.3 is 0 Å². The van der Waals surface area contributed by atoms with E-state index in [1.54, 1.807) is 18.4 Å². The third kappa shape index (κ3) is 4.48. The Labute approximate surface area is 166 Å². The molecule has 0 radical (unpaired) electrons. The van der Waals surface area contributed by atoms with Crippen LogP contribution in [-0.4, -0.2) is 15.2 Å². The van der Waals surface area contributed by atoms with Crippen molar-refractivity contribution in [1.82, 2.24) is 15.2 Å². The van der Waals surface area contributed by atoms with Crippen LogP contribution in [0.5, 0.6) is 0 Å². The summed E-state index contributed by atoms with van der Waals surface area (Å²) in [6, 6.07) is 16.3. The minimum Gasteiger partial charge on any atom is -0.444 e. The molecule has 2 heterocycles. The normalized spacial score (nSPS) is 12.2. The Morgan fingerprint density at radius 3 is 2.61 bits per heavy atom. The zero-order valence-electron chi connectivity index (χ0n) is 15.2. The molecule has 0 N–H and O–H groups in total. The highest BCUT2D eigenvalue weighted by molar-refractivity contribution is 7.98. The fraction of sp³-hybridized carbons (Fsp3) is 0.190. The van der Waals surface area contributed by atoms with E-state index in [0.717, 1.165) is 11.3 Å². The maximum atomic E-state index is 13.0. The zero-order valence-corrected chi connectivity index (χ0v) is 16.0. The standard InChI is InChI=1S/C21H18FN3O2S/c1-14(15-5-3-2-4-6-15)11-19-24-25-21(27-19)28-13-18-12-26-20(23-18)16-7-9-17(22)10-8-16/h2-10,12,14H,11,13H2,1H3. The third-order valence-corrected chi connectivity index (χ3v) is 5.14. The fourth-order valence-electron chi connectivity index (χ4n) is 2.77. The molecule has 1 unspecified atom stereocenters. The minimum atomic E-state index is -0.292. The predicted molar refractivity (Wildman–Crippen MR) is 104 cm³/mol. The van der Waals surface area contributed by atoms with E-state index in [1.165, 1.54) is 29.5 Å². The first kappa shape index (κ1) is 18.4. The average Bonchev–Trinajstić information content (AvgIpc) is 3.37. The van der Waals surface area contributed by atoms with Crippen LogP contribution in [0.1, 0.15) is 30.0 Å². The molecule has 0 bridgehead atoms. The van der Waals surface area contributed by atoms with Crippen LogP contribution in [0.4, 0.5) is 4.39 Å². The summed E-state index contributed by atoms with van der Waals surface area (Å²) in [5.74, 6) is 1.62. The Bertz CT molecular complexity index is 1030. The van der Waals surface area contributed by atoms with Gasteiger partial charge in [0.15, 0.2) is 0 Å². The molecule has 28 heavy (non-hydrogen) atoms. The molecule has 0 amide bonds. The third-order valence-electron chi connectivity index (χ3n) is 4.28. The van der Waals surface area contributed by atoms with Gasteiger partial charge in [0, 0.05) is 17.7 Å². The first-order valence-corrected chi connectivity index (χ1v) is 9.86. The second-order valence-corrected chi connectivity index (χ2v) is 7.34. The van der Waals surface area contributed by atoms with Gasteiger partial charge < -0.3 is 8.83 Å². The lowest BCUT2D eigenvalue weighted by Crippen LogP contribution is -1.98. The van der Waals surface area contributed by atoms with Gasteiger partial charge in [0.25, 0.3) is 5.22 Å². The highest BCUT2D eigenvalue weighted by atomic mass is 32.2. The van der Waals surface area contributed by atoms with Gasteiger partial charge in [0.1, 0.15) is 12.1 Å². The molecule has 0 spiro atoms. The number of halogens is 1. The van der Waals surface area contributed by atoms with Crippen LogP contribution >= 0.6 is 11.8 Å². The smallest absolute Gasteiger partial charge is 0.276 e. The van der Waals surface area contributed by atoms with Gasteiger partial charge in [0.2, 0.25) is 11.8 Å². The molecule has 7 heteroatoms. The second kappa shape index (κ2) is 8.39.